The molecule has 0 bridgehead atoms. The molecule has 0 saturated heterocycles. The maximum absolute atomic E-state index is 5.34. The first kappa shape index (κ1) is 14.2. The molecule has 1 N–H and O–H groups in total. The van der Waals surface area contributed by atoms with Crippen molar-refractivity contribution in [1.82, 2.24) is 15.5 Å². The second kappa shape index (κ2) is 6.74. The number of hydrogen-bond donors (Lipinski definition) is 1. The van der Waals surface area contributed by atoms with E-state index in [4.69, 9.17) is 4.52 Å². The normalized spacial score (nSPS) is 15.2. The number of rotatable bonds is 7. The zero-order valence-electron chi connectivity index (χ0n) is 11.7. The Morgan fingerprint density at radius 3 is 2.53 bits per heavy atom. The Morgan fingerprint density at radius 2 is 2.00 bits per heavy atom. The molecular weight excluding hydrogens is 214 g/mol. The molecule has 2 atom stereocenters. The molecule has 0 radical (unpaired) electrons. The summed E-state index contributed by atoms with van der Waals surface area (Å²) in [5, 5.41) is 7.33. The standard InChI is InChI=1S/C13H25N3O/c1-6-11(14-5)10(4)13-15-12(16-17-13)8-7-9(2)3/h9-11,14H,6-8H2,1-5H3. The Kier molecular flexibility index (Phi) is 5.62. The summed E-state index contributed by atoms with van der Waals surface area (Å²) in [5.41, 5.74) is 0. The Bertz CT molecular complexity index is 318. The molecule has 4 heteroatoms. The van der Waals surface area contributed by atoms with Gasteiger partial charge in [-0.2, -0.15) is 4.98 Å². The van der Waals surface area contributed by atoms with E-state index < -0.39 is 0 Å². The first-order valence-corrected chi connectivity index (χ1v) is 6.58. The highest BCUT2D eigenvalue weighted by Gasteiger charge is 2.21. The predicted octanol–water partition coefficient (Wildman–Crippen LogP) is 2.76. The van der Waals surface area contributed by atoms with Gasteiger partial charge in [0.2, 0.25) is 5.89 Å². The van der Waals surface area contributed by atoms with Gasteiger partial charge in [-0.05, 0) is 25.8 Å². The highest BCUT2D eigenvalue weighted by molar-refractivity contribution is 4.97. The van der Waals surface area contributed by atoms with Crippen LogP contribution in [-0.2, 0) is 6.42 Å². The van der Waals surface area contributed by atoms with Crippen LogP contribution in [0.2, 0.25) is 0 Å². The van der Waals surface area contributed by atoms with Gasteiger partial charge in [0.15, 0.2) is 5.82 Å². The van der Waals surface area contributed by atoms with Gasteiger partial charge in [-0.15, -0.1) is 0 Å². The van der Waals surface area contributed by atoms with Crippen LogP contribution < -0.4 is 5.32 Å². The Balaban J connectivity index is 2.60. The summed E-state index contributed by atoms with van der Waals surface area (Å²) >= 11 is 0. The molecule has 0 spiro atoms. The number of aromatic nitrogens is 2. The molecular formula is C13H25N3O. The maximum atomic E-state index is 5.34. The summed E-state index contributed by atoms with van der Waals surface area (Å²) in [6, 6.07) is 0.397. The minimum Gasteiger partial charge on any atom is -0.339 e. The SMILES string of the molecule is CCC(NC)C(C)c1nc(CCC(C)C)no1. The summed E-state index contributed by atoms with van der Waals surface area (Å²) in [6.07, 6.45) is 3.07. The van der Waals surface area contributed by atoms with Gasteiger partial charge in [0.1, 0.15) is 0 Å². The Hall–Kier alpha value is -0.900. The summed E-state index contributed by atoms with van der Waals surface area (Å²) < 4.78 is 5.34. The van der Waals surface area contributed by atoms with Crippen molar-refractivity contribution in [3.05, 3.63) is 11.7 Å². The number of hydrogen-bond acceptors (Lipinski definition) is 4. The quantitative estimate of drug-likeness (QED) is 0.795. The van der Waals surface area contributed by atoms with Crippen LogP contribution in [-0.4, -0.2) is 23.2 Å². The number of aryl methyl sites for hydroxylation is 1. The first-order valence-electron chi connectivity index (χ1n) is 6.58. The zero-order valence-corrected chi connectivity index (χ0v) is 11.7. The molecule has 0 fully saturated rings. The van der Waals surface area contributed by atoms with Crippen molar-refractivity contribution in [2.45, 2.75) is 58.9 Å². The van der Waals surface area contributed by atoms with Gasteiger partial charge in [-0.1, -0.05) is 32.9 Å². The fourth-order valence-electron chi connectivity index (χ4n) is 1.95. The summed E-state index contributed by atoms with van der Waals surface area (Å²) in [7, 11) is 1.97. The van der Waals surface area contributed by atoms with E-state index in [9.17, 15) is 0 Å². The van der Waals surface area contributed by atoms with Gasteiger partial charge in [0.05, 0.1) is 5.92 Å². The van der Waals surface area contributed by atoms with Gasteiger partial charge in [0.25, 0.3) is 0 Å². The van der Waals surface area contributed by atoms with Gasteiger partial charge >= 0.3 is 0 Å². The lowest BCUT2D eigenvalue weighted by Crippen LogP contribution is -2.30. The molecule has 0 aliphatic carbocycles. The van der Waals surface area contributed by atoms with Crippen molar-refractivity contribution in [2.24, 2.45) is 5.92 Å². The third kappa shape index (κ3) is 4.11. The minimum absolute atomic E-state index is 0.269. The lowest BCUT2D eigenvalue weighted by molar-refractivity contribution is 0.323. The van der Waals surface area contributed by atoms with E-state index in [-0.39, 0.29) is 5.92 Å². The van der Waals surface area contributed by atoms with Gasteiger partial charge in [-0.3, -0.25) is 0 Å². The smallest absolute Gasteiger partial charge is 0.231 e. The fourth-order valence-corrected chi connectivity index (χ4v) is 1.95. The second-order valence-electron chi connectivity index (χ2n) is 5.07. The Labute approximate surface area is 104 Å². The second-order valence-corrected chi connectivity index (χ2v) is 5.07. The molecule has 1 aromatic heterocycles. The highest BCUT2D eigenvalue weighted by atomic mass is 16.5. The molecule has 98 valence electrons. The molecule has 1 heterocycles. The first-order chi connectivity index (χ1) is 8.08. The van der Waals surface area contributed by atoms with Crippen LogP contribution in [0.3, 0.4) is 0 Å². The molecule has 0 amide bonds. The van der Waals surface area contributed by atoms with E-state index in [1.165, 1.54) is 0 Å². The third-order valence-electron chi connectivity index (χ3n) is 3.23. The predicted molar refractivity (Wildman–Crippen MR) is 69.0 cm³/mol. The van der Waals surface area contributed by atoms with E-state index in [2.05, 4.69) is 43.2 Å². The van der Waals surface area contributed by atoms with Crippen LogP contribution in [0.1, 0.15) is 58.2 Å². The average molecular weight is 239 g/mol. The van der Waals surface area contributed by atoms with E-state index in [0.29, 0.717) is 12.0 Å². The molecule has 4 nitrogen and oxygen atoms in total. The molecule has 0 aliphatic rings. The van der Waals surface area contributed by atoms with Gasteiger partial charge in [0, 0.05) is 12.5 Å². The van der Waals surface area contributed by atoms with Crippen LogP contribution in [0.25, 0.3) is 0 Å². The number of likely N-dealkylation sites (N-methyl/N-ethyl adjacent to an activating group) is 1. The zero-order chi connectivity index (χ0) is 12.8. The average Bonchev–Trinajstić information content (AvgIpc) is 2.76. The van der Waals surface area contributed by atoms with E-state index in [1.807, 2.05) is 7.05 Å². The van der Waals surface area contributed by atoms with Gasteiger partial charge < -0.3 is 9.84 Å². The van der Waals surface area contributed by atoms with Crippen molar-refractivity contribution < 1.29 is 4.52 Å². The van der Waals surface area contributed by atoms with E-state index >= 15 is 0 Å². The van der Waals surface area contributed by atoms with E-state index in [0.717, 1.165) is 31.0 Å². The maximum Gasteiger partial charge on any atom is 0.231 e. The topological polar surface area (TPSA) is 51.0 Å². The Morgan fingerprint density at radius 1 is 1.29 bits per heavy atom. The van der Waals surface area contributed by atoms with Crippen LogP contribution in [0, 0.1) is 5.92 Å². The molecule has 1 aromatic rings. The summed E-state index contributed by atoms with van der Waals surface area (Å²) in [6.45, 7) is 8.70. The number of nitrogens with one attached hydrogen (secondary N) is 1. The third-order valence-corrected chi connectivity index (χ3v) is 3.23. The lowest BCUT2D eigenvalue weighted by Gasteiger charge is -2.18. The van der Waals surface area contributed by atoms with Crippen molar-refractivity contribution in [3.63, 3.8) is 0 Å². The van der Waals surface area contributed by atoms with Gasteiger partial charge in [-0.25, -0.2) is 0 Å². The largest absolute Gasteiger partial charge is 0.339 e. The van der Waals surface area contributed by atoms with Crippen molar-refractivity contribution >= 4 is 0 Å². The molecule has 0 aromatic carbocycles. The number of nitrogens with zero attached hydrogens (tertiary/aromatic N) is 2. The molecule has 17 heavy (non-hydrogen) atoms. The summed E-state index contributed by atoms with van der Waals surface area (Å²) in [5.74, 6) is 2.54. The molecule has 0 aliphatic heterocycles. The van der Waals surface area contributed by atoms with Crippen LogP contribution >= 0.6 is 0 Å². The molecule has 0 saturated carbocycles. The molecule has 2 unspecified atom stereocenters. The minimum atomic E-state index is 0.269. The van der Waals surface area contributed by atoms with Crippen molar-refractivity contribution in [3.8, 4) is 0 Å². The summed E-state index contributed by atoms with van der Waals surface area (Å²) in [4.78, 5) is 4.48. The van der Waals surface area contributed by atoms with Crippen LogP contribution in [0.5, 0.6) is 0 Å². The molecule has 1 rings (SSSR count). The monoisotopic (exact) mass is 239 g/mol. The fraction of sp³-hybridized carbons (Fsp3) is 0.846. The lowest BCUT2D eigenvalue weighted by atomic mass is 10.00. The van der Waals surface area contributed by atoms with Crippen LogP contribution in [0.4, 0.5) is 0 Å². The van der Waals surface area contributed by atoms with E-state index in [1.54, 1.807) is 0 Å². The highest BCUT2D eigenvalue weighted by Crippen LogP contribution is 2.19. The van der Waals surface area contributed by atoms with Crippen LogP contribution in [0.15, 0.2) is 4.52 Å². The van der Waals surface area contributed by atoms with Crippen molar-refractivity contribution in [2.75, 3.05) is 7.05 Å². The van der Waals surface area contributed by atoms with Crippen molar-refractivity contribution in [1.29, 1.82) is 0 Å².